The minimum Gasteiger partial charge on any atom is -0.462 e. The van der Waals surface area contributed by atoms with E-state index in [2.05, 4.69) is 9.47 Å². The van der Waals surface area contributed by atoms with Crippen LogP contribution in [-0.2, 0) is 19.1 Å². The standard InChI is InChI=1S/C17H13F17O4/c1-7(2)38-9(36)4-3-8(35)37-6-5-10(18,19)11(20,21)12(22,23)13(24,25)14(26,27)15(28,29)16(30,31)17(32,33)34/h3-4,7H,5-6H2,1-2H3/b4-3+. The molecule has 0 saturated heterocycles. The first-order valence-corrected chi connectivity index (χ1v) is 9.22. The maximum absolute atomic E-state index is 13.6. The lowest BCUT2D eigenvalue weighted by molar-refractivity contribution is -0.461. The van der Waals surface area contributed by atoms with E-state index in [1.54, 1.807) is 0 Å². The molecular weight excluding hydrogens is 591 g/mol. The average molecular weight is 604 g/mol. The van der Waals surface area contributed by atoms with E-state index in [-0.39, 0.29) is 12.2 Å². The summed E-state index contributed by atoms with van der Waals surface area (Å²) in [4.78, 5) is 22.3. The molecule has 21 heteroatoms. The lowest BCUT2D eigenvalue weighted by Gasteiger charge is -2.42. The number of halogens is 17. The maximum atomic E-state index is 13.6. The van der Waals surface area contributed by atoms with Crippen molar-refractivity contribution >= 4 is 11.9 Å². The van der Waals surface area contributed by atoms with E-state index >= 15 is 0 Å². The number of carbonyl (C=O) groups is 2. The van der Waals surface area contributed by atoms with Gasteiger partial charge in [-0.2, -0.15) is 74.6 Å². The summed E-state index contributed by atoms with van der Waals surface area (Å²) in [5.74, 6) is -60.3. The molecule has 224 valence electrons. The van der Waals surface area contributed by atoms with Crippen molar-refractivity contribution in [2.45, 2.75) is 74.0 Å². The molecule has 0 rings (SSSR count). The molecule has 0 radical (unpaired) electrons. The van der Waals surface area contributed by atoms with Crippen LogP contribution in [0.25, 0.3) is 0 Å². The highest BCUT2D eigenvalue weighted by Gasteiger charge is 2.95. The van der Waals surface area contributed by atoms with E-state index in [1.165, 1.54) is 13.8 Å². The highest BCUT2D eigenvalue weighted by molar-refractivity contribution is 5.91. The van der Waals surface area contributed by atoms with Crippen LogP contribution in [0.4, 0.5) is 74.6 Å². The van der Waals surface area contributed by atoms with Crippen LogP contribution in [0.5, 0.6) is 0 Å². The van der Waals surface area contributed by atoms with Crippen LogP contribution >= 0.6 is 0 Å². The fourth-order valence-electron chi connectivity index (χ4n) is 2.09. The van der Waals surface area contributed by atoms with Crippen molar-refractivity contribution in [2.24, 2.45) is 0 Å². The van der Waals surface area contributed by atoms with Gasteiger partial charge in [-0.05, 0) is 13.8 Å². The third-order valence-electron chi connectivity index (χ3n) is 4.15. The summed E-state index contributed by atoms with van der Waals surface area (Å²) in [5, 5.41) is 0. The number of rotatable bonds is 12. The Morgan fingerprint density at radius 2 is 0.921 bits per heavy atom. The normalized spacial score (nSPS) is 15.3. The van der Waals surface area contributed by atoms with Gasteiger partial charge in [0.1, 0.15) is 0 Å². The zero-order valence-electron chi connectivity index (χ0n) is 18.2. The molecule has 0 heterocycles. The Morgan fingerprint density at radius 3 is 1.29 bits per heavy atom. The van der Waals surface area contributed by atoms with Gasteiger partial charge in [0.15, 0.2) is 0 Å². The zero-order chi connectivity index (χ0) is 31.0. The van der Waals surface area contributed by atoms with E-state index in [4.69, 9.17) is 0 Å². The van der Waals surface area contributed by atoms with Crippen LogP contribution in [0.3, 0.4) is 0 Å². The molecule has 0 atom stereocenters. The predicted molar refractivity (Wildman–Crippen MR) is 86.6 cm³/mol. The minimum atomic E-state index is -8.72. The van der Waals surface area contributed by atoms with Crippen molar-refractivity contribution in [3.63, 3.8) is 0 Å². The van der Waals surface area contributed by atoms with Gasteiger partial charge in [-0.1, -0.05) is 0 Å². The highest BCUT2D eigenvalue weighted by atomic mass is 19.4. The van der Waals surface area contributed by atoms with Crippen LogP contribution < -0.4 is 0 Å². The van der Waals surface area contributed by atoms with E-state index in [9.17, 15) is 84.2 Å². The Labute approximate surface area is 199 Å². The summed E-state index contributed by atoms with van der Waals surface area (Å²) in [7, 11) is 0. The molecule has 38 heavy (non-hydrogen) atoms. The Hall–Kier alpha value is -2.51. The van der Waals surface area contributed by atoms with Crippen LogP contribution in [-0.4, -0.2) is 72.3 Å². The van der Waals surface area contributed by atoms with Crippen molar-refractivity contribution in [3.05, 3.63) is 12.2 Å². The van der Waals surface area contributed by atoms with Crippen molar-refractivity contribution in [1.29, 1.82) is 0 Å². The second-order valence-corrected chi connectivity index (χ2v) is 7.39. The lowest BCUT2D eigenvalue weighted by atomic mass is 9.88. The first kappa shape index (κ1) is 35.5. The number of ether oxygens (including phenoxy) is 2. The first-order chi connectivity index (χ1) is 16.5. The molecule has 0 aliphatic heterocycles. The van der Waals surface area contributed by atoms with Crippen molar-refractivity contribution in [1.82, 2.24) is 0 Å². The minimum absolute atomic E-state index is 0.104. The Bertz CT molecular complexity index is 889. The second kappa shape index (κ2) is 10.6. The van der Waals surface area contributed by atoms with Gasteiger partial charge in [0.25, 0.3) is 0 Å². The summed E-state index contributed by atoms with van der Waals surface area (Å²) >= 11 is 0. The molecule has 4 nitrogen and oxygen atoms in total. The lowest BCUT2D eigenvalue weighted by Crippen LogP contribution is -2.74. The van der Waals surface area contributed by atoms with Crippen molar-refractivity contribution < 1.29 is 93.7 Å². The smallest absolute Gasteiger partial charge is 0.460 e. The number of alkyl halides is 17. The number of esters is 2. The number of hydrogen-bond donors (Lipinski definition) is 0. The summed E-state index contributed by atoms with van der Waals surface area (Å²) < 4.78 is 231. The maximum Gasteiger partial charge on any atom is 0.460 e. The molecule has 0 aliphatic rings. The van der Waals surface area contributed by atoms with Crippen molar-refractivity contribution in [3.8, 4) is 0 Å². The molecule has 0 aromatic heterocycles. The predicted octanol–water partition coefficient (Wildman–Crippen LogP) is 6.44. The molecule has 0 fully saturated rings. The van der Waals surface area contributed by atoms with Gasteiger partial charge in [-0.3, -0.25) is 0 Å². The Kier molecular flexibility index (Phi) is 9.87. The fraction of sp³-hybridized carbons (Fsp3) is 0.765. The number of hydrogen-bond acceptors (Lipinski definition) is 4. The second-order valence-electron chi connectivity index (χ2n) is 7.39. The molecule has 0 amide bonds. The third-order valence-corrected chi connectivity index (χ3v) is 4.15. The SMILES string of the molecule is CC(C)OC(=O)/C=C/C(=O)OCCC(F)(F)C(F)(F)C(F)(F)C(F)(F)C(F)(F)C(F)(F)C(F)(F)C(F)(F)F. The molecule has 0 bridgehead atoms. The number of carbonyl (C=O) groups excluding carboxylic acids is 2. The summed E-state index contributed by atoms with van der Waals surface area (Å²) in [5.41, 5.74) is 0. The Morgan fingerprint density at radius 1 is 0.579 bits per heavy atom. The van der Waals surface area contributed by atoms with Gasteiger partial charge in [0.2, 0.25) is 0 Å². The van der Waals surface area contributed by atoms with Gasteiger partial charge < -0.3 is 9.47 Å². The highest BCUT2D eigenvalue weighted by Crippen LogP contribution is 2.64. The average Bonchev–Trinajstić information content (AvgIpc) is 2.69. The van der Waals surface area contributed by atoms with E-state index < -0.39 is 78.7 Å². The van der Waals surface area contributed by atoms with Gasteiger partial charge >= 0.3 is 59.6 Å². The molecule has 0 aliphatic carbocycles. The monoisotopic (exact) mass is 604 g/mol. The van der Waals surface area contributed by atoms with E-state index in [1.807, 2.05) is 0 Å². The van der Waals surface area contributed by atoms with E-state index in [0.29, 0.717) is 0 Å². The summed E-state index contributed by atoms with van der Waals surface area (Å²) in [6.07, 6.45) is -11.1. The molecule has 0 aromatic rings. The van der Waals surface area contributed by atoms with Gasteiger partial charge in [0.05, 0.1) is 19.1 Å². The third kappa shape index (κ3) is 6.04. The molecular formula is C17H13F17O4. The summed E-state index contributed by atoms with van der Waals surface area (Å²) in [6.45, 7) is 0.528. The molecule has 0 spiro atoms. The van der Waals surface area contributed by atoms with Crippen LogP contribution in [0.15, 0.2) is 12.2 Å². The summed E-state index contributed by atoms with van der Waals surface area (Å²) in [6, 6.07) is 0. The quantitative estimate of drug-likeness (QED) is 0.146. The first-order valence-electron chi connectivity index (χ1n) is 9.22. The fourth-order valence-corrected chi connectivity index (χ4v) is 2.09. The van der Waals surface area contributed by atoms with Gasteiger partial charge in [-0.25, -0.2) is 9.59 Å². The zero-order valence-corrected chi connectivity index (χ0v) is 18.2. The van der Waals surface area contributed by atoms with Crippen LogP contribution in [0, 0.1) is 0 Å². The van der Waals surface area contributed by atoms with Crippen LogP contribution in [0.2, 0.25) is 0 Å². The van der Waals surface area contributed by atoms with Gasteiger partial charge in [0, 0.05) is 12.2 Å². The van der Waals surface area contributed by atoms with E-state index in [0.717, 1.165) is 0 Å². The largest absolute Gasteiger partial charge is 0.462 e. The van der Waals surface area contributed by atoms with Gasteiger partial charge in [-0.15, -0.1) is 0 Å². The molecule has 0 saturated carbocycles. The molecule has 0 unspecified atom stereocenters. The topological polar surface area (TPSA) is 52.6 Å². The Balaban J connectivity index is 6.00. The molecule has 0 aromatic carbocycles. The van der Waals surface area contributed by atoms with Crippen molar-refractivity contribution in [2.75, 3.05) is 6.61 Å². The van der Waals surface area contributed by atoms with Crippen LogP contribution in [0.1, 0.15) is 20.3 Å². The molecule has 0 N–H and O–H groups in total.